The van der Waals surface area contributed by atoms with E-state index in [0.29, 0.717) is 36.4 Å². The second-order valence-corrected chi connectivity index (χ2v) is 6.45. The maximum absolute atomic E-state index is 12.6. The van der Waals surface area contributed by atoms with E-state index in [2.05, 4.69) is 22.6 Å². The number of amides is 1. The molecule has 1 amide bonds. The lowest BCUT2D eigenvalue weighted by Crippen LogP contribution is -2.52. The number of benzene rings is 1. The van der Waals surface area contributed by atoms with E-state index >= 15 is 0 Å². The number of nitrogens with zero attached hydrogens (tertiary/aromatic N) is 1. The van der Waals surface area contributed by atoms with E-state index in [-0.39, 0.29) is 5.91 Å². The smallest absolute Gasteiger partial charge is 0.329 e. The number of likely N-dealkylation sites (tertiary alicyclic amines) is 1. The predicted octanol–water partition coefficient (Wildman–Crippen LogP) is 3.41. The molecule has 1 unspecified atom stereocenters. The maximum atomic E-state index is 12.6. The first-order valence-electron chi connectivity index (χ1n) is 6.43. The molecule has 20 heavy (non-hydrogen) atoms. The molecular formula is C14H15ClINO3. The molecule has 2 rings (SSSR count). The number of carboxylic acid groups (broad SMARTS) is 1. The number of hydrogen-bond acceptors (Lipinski definition) is 2. The van der Waals surface area contributed by atoms with Crippen LogP contribution in [0.25, 0.3) is 0 Å². The number of halogens is 2. The van der Waals surface area contributed by atoms with Crippen LogP contribution in [0, 0.1) is 3.57 Å². The highest BCUT2D eigenvalue weighted by Gasteiger charge is 2.48. The van der Waals surface area contributed by atoms with Gasteiger partial charge in [0, 0.05) is 15.7 Å². The molecule has 1 fully saturated rings. The lowest BCUT2D eigenvalue weighted by atomic mass is 9.92. The first kappa shape index (κ1) is 15.6. The normalized spacial score (nSPS) is 22.1. The van der Waals surface area contributed by atoms with E-state index in [4.69, 9.17) is 11.6 Å². The van der Waals surface area contributed by atoms with Crippen molar-refractivity contribution in [3.8, 4) is 0 Å². The zero-order chi connectivity index (χ0) is 14.9. The Hall–Kier alpha value is -0.820. The monoisotopic (exact) mass is 407 g/mol. The Bertz CT molecular complexity index is 563. The largest absolute Gasteiger partial charge is 0.479 e. The third-order valence-corrected chi connectivity index (χ3v) is 5.46. The molecule has 1 aliphatic heterocycles. The molecule has 0 spiro atoms. The summed E-state index contributed by atoms with van der Waals surface area (Å²) in [5.41, 5.74) is -0.636. The highest BCUT2D eigenvalue weighted by molar-refractivity contribution is 14.1. The van der Waals surface area contributed by atoms with Gasteiger partial charge in [0.1, 0.15) is 5.54 Å². The van der Waals surface area contributed by atoms with Crippen LogP contribution in [0.15, 0.2) is 18.2 Å². The van der Waals surface area contributed by atoms with Gasteiger partial charge in [0.05, 0.1) is 5.02 Å². The summed E-state index contributed by atoms with van der Waals surface area (Å²) in [5.74, 6) is -1.19. The van der Waals surface area contributed by atoms with Crippen molar-refractivity contribution in [3.05, 3.63) is 32.4 Å². The topological polar surface area (TPSA) is 57.6 Å². The van der Waals surface area contributed by atoms with E-state index in [1.807, 2.05) is 0 Å². The number of aliphatic carboxylic acids is 1. The zero-order valence-corrected chi connectivity index (χ0v) is 13.9. The average Bonchev–Trinajstić information content (AvgIpc) is 2.86. The van der Waals surface area contributed by atoms with Crippen LogP contribution in [0.4, 0.5) is 0 Å². The van der Waals surface area contributed by atoms with Crippen molar-refractivity contribution >= 4 is 46.1 Å². The van der Waals surface area contributed by atoms with Gasteiger partial charge in [-0.15, -0.1) is 0 Å². The van der Waals surface area contributed by atoms with E-state index in [9.17, 15) is 14.7 Å². The van der Waals surface area contributed by atoms with Crippen molar-refractivity contribution in [1.82, 2.24) is 4.90 Å². The molecular weight excluding hydrogens is 393 g/mol. The molecule has 1 saturated heterocycles. The molecule has 0 aromatic heterocycles. The second-order valence-electron chi connectivity index (χ2n) is 4.88. The van der Waals surface area contributed by atoms with Crippen LogP contribution < -0.4 is 0 Å². The molecule has 1 N–H and O–H groups in total. The van der Waals surface area contributed by atoms with Gasteiger partial charge in [0.15, 0.2) is 0 Å². The summed E-state index contributed by atoms with van der Waals surface area (Å²) < 4.78 is 0.863. The first-order chi connectivity index (χ1) is 9.42. The van der Waals surface area contributed by atoms with Crippen LogP contribution in [-0.2, 0) is 4.79 Å². The number of carbonyl (C=O) groups excluding carboxylic acids is 1. The maximum Gasteiger partial charge on any atom is 0.329 e. The van der Waals surface area contributed by atoms with E-state index in [1.54, 1.807) is 25.1 Å². The Morgan fingerprint density at radius 3 is 2.75 bits per heavy atom. The quantitative estimate of drug-likeness (QED) is 0.781. The molecule has 1 aliphatic rings. The van der Waals surface area contributed by atoms with Crippen LogP contribution in [0.3, 0.4) is 0 Å². The Morgan fingerprint density at radius 1 is 1.50 bits per heavy atom. The Morgan fingerprint density at radius 2 is 2.20 bits per heavy atom. The molecule has 1 aromatic carbocycles. The fraction of sp³-hybridized carbons (Fsp3) is 0.429. The Balaban J connectivity index is 2.36. The molecule has 4 nitrogen and oxygen atoms in total. The minimum atomic E-state index is -1.08. The summed E-state index contributed by atoms with van der Waals surface area (Å²) in [6, 6.07) is 5.06. The van der Waals surface area contributed by atoms with Gasteiger partial charge in [-0.25, -0.2) is 4.79 Å². The van der Waals surface area contributed by atoms with Crippen LogP contribution in [0.2, 0.25) is 5.02 Å². The van der Waals surface area contributed by atoms with Crippen molar-refractivity contribution in [1.29, 1.82) is 0 Å². The van der Waals surface area contributed by atoms with Gasteiger partial charge in [-0.3, -0.25) is 4.79 Å². The SMILES string of the molecule is CCC1(C(=O)O)CCCN1C(=O)c1ccc(I)c(Cl)c1. The third kappa shape index (κ3) is 2.53. The third-order valence-electron chi connectivity index (χ3n) is 3.88. The van der Waals surface area contributed by atoms with Crippen molar-refractivity contribution < 1.29 is 14.7 Å². The second kappa shape index (κ2) is 5.89. The highest BCUT2D eigenvalue weighted by atomic mass is 127. The number of hydrogen-bond donors (Lipinski definition) is 1. The molecule has 0 radical (unpaired) electrons. The molecule has 0 saturated carbocycles. The Kier molecular flexibility index (Phi) is 4.59. The molecule has 1 atom stereocenters. The van der Waals surface area contributed by atoms with Gasteiger partial charge in [-0.05, 0) is 60.1 Å². The summed E-state index contributed by atoms with van der Waals surface area (Å²) in [5, 5.41) is 10.0. The van der Waals surface area contributed by atoms with Gasteiger partial charge in [0.25, 0.3) is 5.91 Å². The molecule has 0 aliphatic carbocycles. The fourth-order valence-corrected chi connectivity index (χ4v) is 3.22. The minimum Gasteiger partial charge on any atom is -0.479 e. The van der Waals surface area contributed by atoms with E-state index in [1.165, 1.54) is 4.90 Å². The first-order valence-corrected chi connectivity index (χ1v) is 7.88. The molecule has 6 heteroatoms. The summed E-state index contributed by atoms with van der Waals surface area (Å²) in [6.45, 7) is 2.28. The van der Waals surface area contributed by atoms with Crippen LogP contribution in [-0.4, -0.2) is 34.0 Å². The summed E-state index contributed by atoms with van der Waals surface area (Å²) in [7, 11) is 0. The van der Waals surface area contributed by atoms with E-state index < -0.39 is 11.5 Å². The van der Waals surface area contributed by atoms with Crippen LogP contribution in [0.1, 0.15) is 36.5 Å². The van der Waals surface area contributed by atoms with Crippen LogP contribution in [0.5, 0.6) is 0 Å². The summed E-state index contributed by atoms with van der Waals surface area (Å²) in [4.78, 5) is 25.7. The van der Waals surface area contributed by atoms with Gasteiger partial charge in [-0.2, -0.15) is 0 Å². The molecule has 1 aromatic rings. The minimum absolute atomic E-state index is 0.259. The van der Waals surface area contributed by atoms with Crippen molar-refractivity contribution in [3.63, 3.8) is 0 Å². The lowest BCUT2D eigenvalue weighted by Gasteiger charge is -2.34. The van der Waals surface area contributed by atoms with Gasteiger partial charge < -0.3 is 10.0 Å². The summed E-state index contributed by atoms with van der Waals surface area (Å²) in [6.07, 6.45) is 1.62. The van der Waals surface area contributed by atoms with Gasteiger partial charge in [0.2, 0.25) is 0 Å². The van der Waals surface area contributed by atoms with Gasteiger partial charge >= 0.3 is 5.97 Å². The standard InChI is InChI=1S/C14H15ClINO3/c1-2-14(13(19)20)6-3-7-17(14)12(18)9-4-5-11(16)10(15)8-9/h4-5,8H,2-3,6-7H2,1H3,(H,19,20). The Labute approximate surface area is 136 Å². The average molecular weight is 408 g/mol. The van der Waals surface area contributed by atoms with Gasteiger partial charge in [-0.1, -0.05) is 18.5 Å². The molecule has 1 heterocycles. The highest BCUT2D eigenvalue weighted by Crippen LogP contribution is 2.34. The lowest BCUT2D eigenvalue weighted by molar-refractivity contribution is -0.148. The predicted molar refractivity (Wildman–Crippen MR) is 85.1 cm³/mol. The van der Waals surface area contributed by atoms with Crippen molar-refractivity contribution in [2.45, 2.75) is 31.7 Å². The van der Waals surface area contributed by atoms with E-state index in [0.717, 1.165) is 3.57 Å². The molecule has 0 bridgehead atoms. The number of rotatable bonds is 3. The summed E-state index contributed by atoms with van der Waals surface area (Å²) >= 11 is 8.12. The number of carboxylic acids is 1. The zero-order valence-electron chi connectivity index (χ0n) is 11.0. The molecule has 108 valence electrons. The fourth-order valence-electron chi connectivity index (χ4n) is 2.70. The van der Waals surface area contributed by atoms with Crippen LogP contribution >= 0.6 is 34.2 Å². The van der Waals surface area contributed by atoms with Crippen molar-refractivity contribution in [2.24, 2.45) is 0 Å². The number of carbonyl (C=O) groups is 2. The van der Waals surface area contributed by atoms with Crippen molar-refractivity contribution in [2.75, 3.05) is 6.54 Å².